The monoisotopic (exact) mass is 614 g/mol. The molecule has 2 nitrogen and oxygen atoms in total. The van der Waals surface area contributed by atoms with Crippen LogP contribution in [0.1, 0.15) is 0 Å². The van der Waals surface area contributed by atoms with Crippen LogP contribution in [-0.4, -0.2) is 9.13 Å². The van der Waals surface area contributed by atoms with E-state index in [9.17, 15) is 0 Å². The molecule has 0 saturated carbocycles. The van der Waals surface area contributed by atoms with Crippen LogP contribution in [0, 0.1) is 0 Å². The highest BCUT2D eigenvalue weighted by Gasteiger charge is 2.22. The number of halogens is 6. The number of nitrogens with zero attached hydrogens (tertiary/aromatic N) is 2. The lowest BCUT2D eigenvalue weighted by Crippen LogP contribution is -2.02. The highest BCUT2D eigenvalue weighted by molar-refractivity contribution is 9.15. The SMILES string of the molecule is Cn1cc(Br)c(Br)c1-n1c(Br)c(Br)c(Br)c1Br. The van der Waals surface area contributed by atoms with Gasteiger partial charge in [-0.15, -0.1) is 0 Å². The second-order valence-corrected chi connectivity index (χ2v) is 8.01. The zero-order valence-corrected chi connectivity index (χ0v) is 17.8. The van der Waals surface area contributed by atoms with Gasteiger partial charge in [0.1, 0.15) is 15.0 Å². The standard InChI is InChI=1S/C9H4Br6N2/c1-16-2-3(10)4(11)9(16)17-7(14)5(12)6(13)8(17)15/h2H,1H3. The maximum atomic E-state index is 3.58. The maximum Gasteiger partial charge on any atom is 0.134 e. The highest BCUT2D eigenvalue weighted by Crippen LogP contribution is 2.44. The minimum Gasteiger partial charge on any atom is -0.335 e. The molecule has 2 aromatic heterocycles. The summed E-state index contributed by atoms with van der Waals surface area (Å²) in [4.78, 5) is 0. The average molecular weight is 620 g/mol. The van der Waals surface area contributed by atoms with E-state index in [0.29, 0.717) is 0 Å². The number of aromatic nitrogens is 2. The summed E-state index contributed by atoms with van der Waals surface area (Å²) >= 11 is 21.3. The van der Waals surface area contributed by atoms with Gasteiger partial charge in [-0.05, 0) is 95.6 Å². The Kier molecular flexibility index (Phi) is 4.75. The fraction of sp³-hybridized carbons (Fsp3) is 0.111. The Morgan fingerprint density at radius 2 is 1.29 bits per heavy atom. The van der Waals surface area contributed by atoms with Crippen molar-refractivity contribution in [2.75, 3.05) is 0 Å². The van der Waals surface area contributed by atoms with Crippen LogP contribution < -0.4 is 0 Å². The minimum atomic E-state index is 0.936. The Labute approximate surface area is 149 Å². The van der Waals surface area contributed by atoms with Crippen LogP contribution in [0.3, 0.4) is 0 Å². The fourth-order valence-electron chi connectivity index (χ4n) is 1.45. The quantitative estimate of drug-likeness (QED) is 0.350. The van der Waals surface area contributed by atoms with Gasteiger partial charge in [0, 0.05) is 13.2 Å². The molecule has 17 heavy (non-hydrogen) atoms. The largest absolute Gasteiger partial charge is 0.335 e. The molecule has 0 aromatic carbocycles. The summed E-state index contributed by atoms with van der Waals surface area (Å²) in [5, 5.41) is 0. The first-order valence-corrected chi connectivity index (χ1v) is 9.03. The zero-order valence-electron chi connectivity index (χ0n) is 8.24. The van der Waals surface area contributed by atoms with Crippen molar-refractivity contribution in [1.29, 1.82) is 0 Å². The predicted molar refractivity (Wildman–Crippen MR) is 90.9 cm³/mol. The lowest BCUT2D eigenvalue weighted by Gasteiger charge is -2.09. The molecular weight excluding hydrogens is 616 g/mol. The van der Waals surface area contributed by atoms with Crippen molar-refractivity contribution in [2.45, 2.75) is 0 Å². The summed E-state index contributed by atoms with van der Waals surface area (Å²) in [5.74, 6) is 1.02. The second-order valence-electron chi connectivity index (χ2n) is 3.27. The van der Waals surface area contributed by atoms with Crippen LogP contribution in [0.2, 0.25) is 0 Å². The predicted octanol–water partition coefficient (Wildman–Crippen LogP) is 6.39. The van der Waals surface area contributed by atoms with Gasteiger partial charge in [-0.1, -0.05) is 0 Å². The van der Waals surface area contributed by atoms with Crippen molar-refractivity contribution < 1.29 is 0 Å². The van der Waals surface area contributed by atoms with Crippen LogP contribution in [0.5, 0.6) is 0 Å². The van der Waals surface area contributed by atoms with E-state index in [4.69, 9.17) is 0 Å². The Morgan fingerprint density at radius 1 is 0.824 bits per heavy atom. The van der Waals surface area contributed by atoms with E-state index < -0.39 is 0 Å². The molecule has 0 aliphatic carbocycles. The summed E-state index contributed by atoms with van der Waals surface area (Å²) in [6.45, 7) is 0. The number of hydrogen-bond donors (Lipinski definition) is 0. The first-order chi connectivity index (χ1) is 7.86. The number of rotatable bonds is 1. The average Bonchev–Trinajstić information content (AvgIpc) is 2.61. The highest BCUT2D eigenvalue weighted by atomic mass is 79.9. The summed E-state index contributed by atoms with van der Waals surface area (Å²) in [5.41, 5.74) is 0. The molecule has 8 heteroatoms. The Morgan fingerprint density at radius 3 is 1.65 bits per heavy atom. The van der Waals surface area contributed by atoms with Gasteiger partial charge in [-0.3, -0.25) is 4.57 Å². The first kappa shape index (κ1) is 14.8. The molecule has 0 radical (unpaired) electrons. The molecule has 0 spiro atoms. The lowest BCUT2D eigenvalue weighted by atomic mass is 10.6. The molecule has 92 valence electrons. The maximum absolute atomic E-state index is 3.58. The van der Waals surface area contributed by atoms with Crippen LogP contribution in [0.4, 0.5) is 0 Å². The van der Waals surface area contributed by atoms with Crippen molar-refractivity contribution in [3.05, 3.63) is 33.3 Å². The van der Waals surface area contributed by atoms with Crippen LogP contribution in [-0.2, 0) is 7.05 Å². The zero-order chi connectivity index (χ0) is 12.9. The summed E-state index contributed by atoms with van der Waals surface area (Å²) in [6, 6.07) is 0. The molecule has 2 aromatic rings. The van der Waals surface area contributed by atoms with Crippen LogP contribution >= 0.6 is 95.6 Å². The van der Waals surface area contributed by atoms with Gasteiger partial charge < -0.3 is 4.57 Å². The molecule has 2 heterocycles. The van der Waals surface area contributed by atoms with Crippen molar-refractivity contribution in [3.63, 3.8) is 0 Å². The third-order valence-corrected chi connectivity index (χ3v) is 8.76. The molecule has 0 aliphatic rings. The minimum absolute atomic E-state index is 0.936. The van der Waals surface area contributed by atoms with Gasteiger partial charge in [0.25, 0.3) is 0 Å². The Bertz CT molecular complexity index is 572. The van der Waals surface area contributed by atoms with Gasteiger partial charge >= 0.3 is 0 Å². The van der Waals surface area contributed by atoms with E-state index in [1.807, 2.05) is 22.4 Å². The van der Waals surface area contributed by atoms with Crippen molar-refractivity contribution in [2.24, 2.45) is 7.05 Å². The van der Waals surface area contributed by atoms with Crippen molar-refractivity contribution in [1.82, 2.24) is 9.13 Å². The van der Waals surface area contributed by atoms with Gasteiger partial charge in [0.2, 0.25) is 0 Å². The molecule has 0 saturated heterocycles. The van der Waals surface area contributed by atoms with Crippen LogP contribution in [0.25, 0.3) is 5.82 Å². The fourth-order valence-corrected chi connectivity index (χ4v) is 5.09. The Balaban J connectivity index is 2.82. The summed E-state index contributed by atoms with van der Waals surface area (Å²) < 4.78 is 9.88. The molecule has 0 aliphatic heterocycles. The van der Waals surface area contributed by atoms with E-state index in [1.54, 1.807) is 0 Å². The smallest absolute Gasteiger partial charge is 0.134 e. The molecule has 0 unspecified atom stereocenters. The van der Waals surface area contributed by atoms with Crippen molar-refractivity contribution >= 4 is 95.6 Å². The van der Waals surface area contributed by atoms with Crippen LogP contribution in [0.15, 0.2) is 33.3 Å². The molecule has 0 fully saturated rings. The topological polar surface area (TPSA) is 9.86 Å². The molecule has 0 N–H and O–H groups in total. The van der Waals surface area contributed by atoms with Gasteiger partial charge in [0.15, 0.2) is 0 Å². The molecular formula is C9H4Br6N2. The lowest BCUT2D eigenvalue weighted by molar-refractivity contribution is 0.824. The van der Waals surface area contributed by atoms with E-state index in [1.165, 1.54) is 0 Å². The first-order valence-electron chi connectivity index (χ1n) is 4.27. The number of hydrogen-bond acceptors (Lipinski definition) is 0. The van der Waals surface area contributed by atoms with Gasteiger partial charge in [-0.25, -0.2) is 0 Å². The third kappa shape index (κ3) is 2.42. The number of aryl methyl sites for hydroxylation is 1. The summed E-state index contributed by atoms with van der Waals surface area (Å²) in [6.07, 6.45) is 2.00. The molecule has 0 amide bonds. The normalized spacial score (nSPS) is 11.2. The summed E-state index contributed by atoms with van der Waals surface area (Å²) in [7, 11) is 1.99. The molecule has 0 bridgehead atoms. The Hall–Kier alpha value is 1.44. The molecule has 0 atom stereocenters. The van der Waals surface area contributed by atoms with Gasteiger partial charge in [0.05, 0.1) is 17.9 Å². The van der Waals surface area contributed by atoms with E-state index >= 15 is 0 Å². The third-order valence-electron chi connectivity index (χ3n) is 2.21. The molecule has 2 rings (SSSR count). The van der Waals surface area contributed by atoms with Crippen molar-refractivity contribution in [3.8, 4) is 5.82 Å². The van der Waals surface area contributed by atoms with E-state index in [-0.39, 0.29) is 0 Å². The van der Waals surface area contributed by atoms with Gasteiger partial charge in [-0.2, -0.15) is 0 Å². The van der Waals surface area contributed by atoms with E-state index in [0.717, 1.165) is 32.9 Å². The van der Waals surface area contributed by atoms with E-state index in [2.05, 4.69) is 95.6 Å². The second kappa shape index (κ2) is 5.44.